The van der Waals surface area contributed by atoms with Crippen LogP contribution in [0.4, 0.5) is 0 Å². The highest BCUT2D eigenvalue weighted by atomic mass is 32.2. The zero-order valence-corrected chi connectivity index (χ0v) is 11.3. The number of sulfonamides is 1. The number of aromatic nitrogens is 2. The maximum atomic E-state index is 11.9. The van der Waals surface area contributed by atoms with Crippen molar-refractivity contribution in [1.29, 1.82) is 0 Å². The Morgan fingerprint density at radius 2 is 2.32 bits per heavy atom. The first kappa shape index (κ1) is 13.7. The first-order valence-electron chi connectivity index (χ1n) is 5.29. The van der Waals surface area contributed by atoms with Crippen LogP contribution in [0.5, 0.6) is 0 Å². The molecule has 0 radical (unpaired) electrons. The van der Waals surface area contributed by atoms with Gasteiger partial charge in [-0.15, -0.1) is 11.3 Å². The number of hydrogen-bond acceptors (Lipinski definition) is 5. The van der Waals surface area contributed by atoms with E-state index in [9.17, 15) is 13.2 Å². The van der Waals surface area contributed by atoms with Crippen molar-refractivity contribution in [1.82, 2.24) is 14.9 Å². The molecule has 0 aromatic carbocycles. The lowest BCUT2D eigenvalue weighted by molar-refractivity contribution is 0.0692. The van der Waals surface area contributed by atoms with Crippen LogP contribution in [-0.2, 0) is 16.4 Å². The van der Waals surface area contributed by atoms with E-state index in [-0.39, 0.29) is 12.1 Å². The SMILES string of the molecule is O=C(O)c1cn[nH]c1S(=O)(=O)NCCc1cccs1. The Hall–Kier alpha value is -1.71. The van der Waals surface area contributed by atoms with Crippen molar-refractivity contribution in [3.05, 3.63) is 34.2 Å². The van der Waals surface area contributed by atoms with E-state index >= 15 is 0 Å². The van der Waals surface area contributed by atoms with E-state index < -0.39 is 21.0 Å². The maximum Gasteiger partial charge on any atom is 0.340 e. The Kier molecular flexibility index (Phi) is 3.98. The number of aromatic amines is 1. The summed E-state index contributed by atoms with van der Waals surface area (Å²) in [5, 5.41) is 16.0. The molecule has 9 heteroatoms. The van der Waals surface area contributed by atoms with Crippen molar-refractivity contribution in [3.8, 4) is 0 Å². The molecule has 3 N–H and O–H groups in total. The highest BCUT2D eigenvalue weighted by molar-refractivity contribution is 7.89. The summed E-state index contributed by atoms with van der Waals surface area (Å²) < 4.78 is 26.1. The number of carboxylic acids is 1. The van der Waals surface area contributed by atoms with Crippen LogP contribution >= 0.6 is 11.3 Å². The third-order valence-electron chi connectivity index (χ3n) is 2.35. The molecule has 19 heavy (non-hydrogen) atoms. The lowest BCUT2D eigenvalue weighted by Gasteiger charge is -2.04. The Morgan fingerprint density at radius 3 is 2.95 bits per heavy atom. The van der Waals surface area contributed by atoms with Crippen LogP contribution in [0.15, 0.2) is 28.7 Å². The summed E-state index contributed by atoms with van der Waals surface area (Å²) in [7, 11) is -3.89. The van der Waals surface area contributed by atoms with Crippen LogP contribution in [0.3, 0.4) is 0 Å². The van der Waals surface area contributed by atoms with Gasteiger partial charge in [-0.1, -0.05) is 6.07 Å². The third-order valence-corrected chi connectivity index (χ3v) is 4.72. The molecule has 2 aromatic heterocycles. The van der Waals surface area contributed by atoms with Gasteiger partial charge in [0, 0.05) is 11.4 Å². The molecule has 102 valence electrons. The minimum absolute atomic E-state index is 0.195. The van der Waals surface area contributed by atoms with E-state index in [4.69, 9.17) is 5.11 Å². The molecule has 0 spiro atoms. The number of carbonyl (C=O) groups is 1. The first-order valence-corrected chi connectivity index (χ1v) is 7.65. The molecule has 2 rings (SSSR count). The van der Waals surface area contributed by atoms with Gasteiger partial charge >= 0.3 is 5.97 Å². The average molecular weight is 301 g/mol. The van der Waals surface area contributed by atoms with Crippen LogP contribution in [-0.4, -0.2) is 36.2 Å². The number of nitrogens with zero attached hydrogens (tertiary/aromatic N) is 1. The number of nitrogens with one attached hydrogen (secondary N) is 2. The van der Waals surface area contributed by atoms with Gasteiger partial charge in [-0.25, -0.2) is 17.9 Å². The normalized spacial score (nSPS) is 11.6. The summed E-state index contributed by atoms with van der Waals surface area (Å²) in [5.74, 6) is -1.34. The molecule has 2 heterocycles. The summed E-state index contributed by atoms with van der Waals surface area (Å²) in [5.41, 5.74) is -0.372. The summed E-state index contributed by atoms with van der Waals surface area (Å²) in [6, 6.07) is 3.78. The predicted octanol–water partition coefficient (Wildman–Crippen LogP) is 0.690. The van der Waals surface area contributed by atoms with Crippen LogP contribution in [0.1, 0.15) is 15.2 Å². The smallest absolute Gasteiger partial charge is 0.340 e. The summed E-state index contributed by atoms with van der Waals surface area (Å²) >= 11 is 1.53. The first-order chi connectivity index (χ1) is 9.00. The van der Waals surface area contributed by atoms with Gasteiger partial charge in [-0.2, -0.15) is 5.10 Å². The van der Waals surface area contributed by atoms with Crippen molar-refractivity contribution in [2.24, 2.45) is 0 Å². The average Bonchev–Trinajstić information content (AvgIpc) is 2.99. The monoisotopic (exact) mass is 301 g/mol. The maximum absolute atomic E-state index is 11.9. The molecule has 0 unspecified atom stereocenters. The molecule has 0 aliphatic rings. The number of aromatic carboxylic acids is 1. The Bertz CT molecular complexity index is 661. The van der Waals surface area contributed by atoms with Gasteiger partial charge in [0.15, 0.2) is 5.03 Å². The van der Waals surface area contributed by atoms with E-state index in [1.165, 1.54) is 11.3 Å². The summed E-state index contributed by atoms with van der Waals surface area (Å²) in [4.78, 5) is 11.9. The number of H-pyrrole nitrogens is 1. The lowest BCUT2D eigenvalue weighted by atomic mass is 10.3. The van der Waals surface area contributed by atoms with E-state index in [0.29, 0.717) is 6.42 Å². The van der Waals surface area contributed by atoms with Crippen LogP contribution in [0, 0.1) is 0 Å². The summed E-state index contributed by atoms with van der Waals surface area (Å²) in [6.45, 7) is 0.195. The topological polar surface area (TPSA) is 112 Å². The third kappa shape index (κ3) is 3.19. The number of carboxylic acid groups (broad SMARTS) is 1. The van der Waals surface area contributed by atoms with Crippen LogP contribution in [0.25, 0.3) is 0 Å². The standard InChI is InChI=1S/C10H11N3O4S2/c14-10(15)8-6-11-13-9(8)19(16,17)12-4-3-7-2-1-5-18-7/h1-2,5-6,12H,3-4H2,(H,11,13)(H,14,15). The Morgan fingerprint density at radius 1 is 1.53 bits per heavy atom. The van der Waals surface area contributed by atoms with Gasteiger partial charge in [0.2, 0.25) is 0 Å². The highest BCUT2D eigenvalue weighted by Crippen LogP contribution is 2.12. The molecule has 7 nitrogen and oxygen atoms in total. The number of rotatable bonds is 6. The zero-order valence-electron chi connectivity index (χ0n) is 9.66. The van der Waals surface area contributed by atoms with Gasteiger partial charge in [0.1, 0.15) is 5.56 Å². The molecule has 0 saturated heterocycles. The quantitative estimate of drug-likeness (QED) is 0.726. The molecule has 0 bridgehead atoms. The second-order valence-electron chi connectivity index (χ2n) is 3.65. The molecule has 0 saturated carbocycles. The molecule has 0 aliphatic carbocycles. The number of hydrogen-bond donors (Lipinski definition) is 3. The van der Waals surface area contributed by atoms with Crippen molar-refractivity contribution in [2.45, 2.75) is 11.4 Å². The predicted molar refractivity (Wildman–Crippen MR) is 68.8 cm³/mol. The van der Waals surface area contributed by atoms with Gasteiger partial charge < -0.3 is 5.11 Å². The fourth-order valence-corrected chi connectivity index (χ4v) is 3.29. The van der Waals surface area contributed by atoms with Crippen molar-refractivity contribution < 1.29 is 18.3 Å². The van der Waals surface area contributed by atoms with Crippen molar-refractivity contribution >= 4 is 27.3 Å². The molecule has 0 fully saturated rings. The van der Waals surface area contributed by atoms with Crippen LogP contribution in [0.2, 0.25) is 0 Å². The second-order valence-corrected chi connectivity index (χ2v) is 6.38. The molecular weight excluding hydrogens is 290 g/mol. The van der Waals surface area contributed by atoms with Gasteiger partial charge in [-0.05, 0) is 17.9 Å². The van der Waals surface area contributed by atoms with E-state index in [2.05, 4.69) is 14.9 Å². The van der Waals surface area contributed by atoms with E-state index in [0.717, 1.165) is 11.1 Å². The molecule has 0 amide bonds. The van der Waals surface area contributed by atoms with E-state index in [1.807, 2.05) is 17.5 Å². The van der Waals surface area contributed by atoms with Gasteiger partial charge in [-0.3, -0.25) is 5.10 Å². The van der Waals surface area contributed by atoms with Crippen molar-refractivity contribution in [3.63, 3.8) is 0 Å². The molecule has 2 aromatic rings. The fraction of sp³-hybridized carbons (Fsp3) is 0.200. The van der Waals surface area contributed by atoms with E-state index in [1.54, 1.807) is 0 Å². The summed E-state index contributed by atoms with van der Waals surface area (Å²) in [6.07, 6.45) is 1.52. The number of thiophene rings is 1. The minimum atomic E-state index is -3.89. The Balaban J connectivity index is 2.06. The largest absolute Gasteiger partial charge is 0.478 e. The highest BCUT2D eigenvalue weighted by Gasteiger charge is 2.24. The minimum Gasteiger partial charge on any atom is -0.478 e. The van der Waals surface area contributed by atoms with Crippen LogP contribution < -0.4 is 4.72 Å². The Labute approximate surface area is 113 Å². The molecule has 0 aliphatic heterocycles. The van der Waals surface area contributed by atoms with Gasteiger partial charge in [0.25, 0.3) is 10.0 Å². The zero-order chi connectivity index (χ0) is 13.9. The van der Waals surface area contributed by atoms with Gasteiger partial charge in [0.05, 0.1) is 6.20 Å². The lowest BCUT2D eigenvalue weighted by Crippen LogP contribution is -2.27. The molecular formula is C10H11N3O4S2. The second kappa shape index (κ2) is 5.51. The van der Waals surface area contributed by atoms with Crippen molar-refractivity contribution in [2.75, 3.05) is 6.54 Å². The fourth-order valence-electron chi connectivity index (χ4n) is 1.47. The molecule has 0 atom stereocenters.